The fourth-order valence-electron chi connectivity index (χ4n) is 7.32. The van der Waals surface area contributed by atoms with Gasteiger partial charge in [0.25, 0.3) is 0 Å². The Hall–Kier alpha value is -4.60. The van der Waals surface area contributed by atoms with Gasteiger partial charge in [-0.3, -0.25) is 4.79 Å². The largest absolute Gasteiger partial charge is 0.478 e. The Kier molecular flexibility index (Phi) is 7.97. The van der Waals surface area contributed by atoms with Gasteiger partial charge >= 0.3 is 18.3 Å². The van der Waals surface area contributed by atoms with Crippen LogP contribution in [0.5, 0.6) is 0 Å². The summed E-state index contributed by atoms with van der Waals surface area (Å²) in [6, 6.07) is 16.5. The smallest absolute Gasteiger partial charge is 0.416 e. The topological polar surface area (TPSA) is 57.6 Å². The molecule has 2 aliphatic heterocycles. The van der Waals surface area contributed by atoms with E-state index in [0.29, 0.717) is 46.2 Å². The number of carboxylic acid groups (broad SMARTS) is 1. The van der Waals surface area contributed by atoms with Crippen molar-refractivity contribution in [3.05, 3.63) is 117 Å². The number of carbonyl (C=O) groups is 2. The molecular formula is C37H31F6NO3. The van der Waals surface area contributed by atoms with Gasteiger partial charge in [-0.2, -0.15) is 26.3 Å². The molecule has 2 fully saturated rings. The van der Waals surface area contributed by atoms with Crippen LogP contribution in [0, 0.1) is 20.8 Å². The van der Waals surface area contributed by atoms with Crippen molar-refractivity contribution in [3.8, 4) is 22.3 Å². The lowest BCUT2D eigenvalue weighted by atomic mass is 9.86. The summed E-state index contributed by atoms with van der Waals surface area (Å²) in [5.74, 6) is -1.89. The number of fused-ring (bicyclic) bond motifs is 1. The molecule has 1 amide bonds. The quantitative estimate of drug-likeness (QED) is 0.219. The number of alkyl halides is 6. The molecule has 2 saturated heterocycles. The molecule has 1 N–H and O–H groups in total. The fourth-order valence-corrected chi connectivity index (χ4v) is 7.32. The van der Waals surface area contributed by atoms with Crippen molar-refractivity contribution in [3.63, 3.8) is 0 Å². The summed E-state index contributed by atoms with van der Waals surface area (Å²) < 4.78 is 83.2. The molecule has 0 radical (unpaired) electrons. The number of nitrogens with zero attached hydrogens (tertiary/aromatic N) is 1. The number of benzene rings is 4. The fraction of sp³-hybridized carbons (Fsp3) is 0.297. The van der Waals surface area contributed by atoms with Gasteiger partial charge in [-0.25, -0.2) is 4.79 Å². The van der Waals surface area contributed by atoms with Crippen LogP contribution in [0.2, 0.25) is 0 Å². The number of carbonyl (C=O) groups excluding carboxylic acids is 1. The standard InChI is InChI=1S/C37H31F6NO3/c1-19-12-24(15-26(13-19)37(41,42)43)30-18-34(45)44-32(30)10-11-33(44)31-17-25(36(38,39)40)7-9-28(31)29-16-22(5-4-20(29)2)27-8-6-23(35(46)47)14-21(27)3/h4-9,12-17,30,32-33H,10-11,18H2,1-3H3,(H,46,47)/t30-,32+,33+/m1/s1. The van der Waals surface area contributed by atoms with Gasteiger partial charge in [0.2, 0.25) is 5.91 Å². The highest BCUT2D eigenvalue weighted by Gasteiger charge is 2.49. The van der Waals surface area contributed by atoms with Crippen molar-refractivity contribution in [1.82, 2.24) is 4.90 Å². The molecule has 2 heterocycles. The minimum atomic E-state index is -4.64. The Morgan fingerprint density at radius 1 is 0.745 bits per heavy atom. The second kappa shape index (κ2) is 11.6. The Morgan fingerprint density at radius 3 is 2.11 bits per heavy atom. The molecule has 3 atom stereocenters. The van der Waals surface area contributed by atoms with Crippen molar-refractivity contribution in [2.75, 3.05) is 0 Å². The molecule has 4 aromatic rings. The molecule has 0 spiro atoms. The number of rotatable bonds is 5. The average molecular weight is 652 g/mol. The highest BCUT2D eigenvalue weighted by molar-refractivity contribution is 5.89. The zero-order valence-corrected chi connectivity index (χ0v) is 25.8. The first-order chi connectivity index (χ1) is 22.0. The van der Waals surface area contributed by atoms with Crippen molar-refractivity contribution in [1.29, 1.82) is 0 Å². The Morgan fingerprint density at radius 2 is 1.45 bits per heavy atom. The highest BCUT2D eigenvalue weighted by atomic mass is 19.4. The van der Waals surface area contributed by atoms with E-state index in [-0.39, 0.29) is 17.9 Å². The molecule has 10 heteroatoms. The summed E-state index contributed by atoms with van der Waals surface area (Å²) in [5, 5.41) is 9.38. The summed E-state index contributed by atoms with van der Waals surface area (Å²) in [5.41, 5.74) is 3.81. The van der Waals surface area contributed by atoms with Gasteiger partial charge in [0.1, 0.15) is 0 Å². The lowest BCUT2D eigenvalue weighted by Crippen LogP contribution is -2.31. The molecule has 4 aromatic carbocycles. The van der Waals surface area contributed by atoms with Gasteiger partial charge in [0.05, 0.1) is 22.7 Å². The molecule has 244 valence electrons. The third-order valence-electron chi connectivity index (χ3n) is 9.48. The van der Waals surface area contributed by atoms with Crippen LogP contribution >= 0.6 is 0 Å². The highest BCUT2D eigenvalue weighted by Crippen LogP contribution is 2.51. The molecule has 0 aliphatic carbocycles. The minimum absolute atomic E-state index is 0.0314. The number of amides is 1. The number of aryl methyl sites for hydroxylation is 3. The van der Waals surface area contributed by atoms with Gasteiger partial charge in [-0.15, -0.1) is 0 Å². The van der Waals surface area contributed by atoms with Crippen LogP contribution < -0.4 is 0 Å². The monoisotopic (exact) mass is 651 g/mol. The van der Waals surface area contributed by atoms with Crippen LogP contribution in [0.3, 0.4) is 0 Å². The van der Waals surface area contributed by atoms with E-state index in [9.17, 15) is 41.0 Å². The molecule has 0 saturated carbocycles. The molecule has 0 unspecified atom stereocenters. The first-order valence-electron chi connectivity index (χ1n) is 15.2. The van der Waals surface area contributed by atoms with E-state index < -0.39 is 47.5 Å². The zero-order valence-electron chi connectivity index (χ0n) is 25.8. The first kappa shape index (κ1) is 32.3. The lowest BCUT2D eigenvalue weighted by molar-refractivity contribution is -0.138. The van der Waals surface area contributed by atoms with E-state index >= 15 is 0 Å². The molecule has 2 aliphatic rings. The van der Waals surface area contributed by atoms with Crippen molar-refractivity contribution >= 4 is 11.9 Å². The predicted octanol–water partition coefficient (Wildman–Crippen LogP) is 9.90. The van der Waals surface area contributed by atoms with E-state index in [1.807, 2.05) is 25.1 Å². The van der Waals surface area contributed by atoms with Crippen LogP contribution in [-0.4, -0.2) is 27.9 Å². The molecule has 4 nitrogen and oxygen atoms in total. The third-order valence-corrected chi connectivity index (χ3v) is 9.48. The Balaban J connectivity index is 1.44. The van der Waals surface area contributed by atoms with Gasteiger partial charge in [-0.1, -0.05) is 35.9 Å². The van der Waals surface area contributed by atoms with E-state index in [1.165, 1.54) is 12.1 Å². The van der Waals surface area contributed by atoms with Crippen LogP contribution in [0.4, 0.5) is 26.3 Å². The van der Waals surface area contributed by atoms with Crippen LogP contribution in [0.15, 0.2) is 72.8 Å². The van der Waals surface area contributed by atoms with Crippen LogP contribution in [-0.2, 0) is 17.1 Å². The van der Waals surface area contributed by atoms with Crippen LogP contribution in [0.1, 0.15) is 80.5 Å². The second-order valence-electron chi connectivity index (χ2n) is 12.6. The molecule has 0 bridgehead atoms. The molecule has 6 rings (SSSR count). The summed E-state index contributed by atoms with van der Waals surface area (Å²) in [7, 11) is 0. The van der Waals surface area contributed by atoms with Crippen molar-refractivity contribution in [2.45, 2.75) is 70.4 Å². The van der Waals surface area contributed by atoms with Gasteiger partial charge < -0.3 is 10.0 Å². The SMILES string of the molecule is Cc1cc([C@H]2CC(=O)N3[C@H](c4cc(C(F)(F)F)ccc4-c4cc(-c5ccc(C(=O)O)cc5C)ccc4C)CC[C@@H]23)cc(C(F)(F)F)c1. The van der Waals surface area contributed by atoms with Gasteiger partial charge in [-0.05, 0) is 121 Å². The van der Waals surface area contributed by atoms with E-state index in [4.69, 9.17) is 0 Å². The number of hydrogen-bond acceptors (Lipinski definition) is 2. The van der Waals surface area contributed by atoms with E-state index in [2.05, 4.69) is 0 Å². The van der Waals surface area contributed by atoms with E-state index in [1.54, 1.807) is 36.9 Å². The average Bonchev–Trinajstić information content (AvgIpc) is 3.57. The summed E-state index contributed by atoms with van der Waals surface area (Å²) in [6.07, 6.45) is -8.44. The maximum absolute atomic E-state index is 14.1. The summed E-state index contributed by atoms with van der Waals surface area (Å²) in [4.78, 5) is 26.6. The number of carboxylic acids is 1. The minimum Gasteiger partial charge on any atom is -0.478 e. The van der Waals surface area contributed by atoms with E-state index in [0.717, 1.165) is 41.0 Å². The summed E-state index contributed by atoms with van der Waals surface area (Å²) >= 11 is 0. The van der Waals surface area contributed by atoms with Crippen LogP contribution in [0.25, 0.3) is 22.3 Å². The van der Waals surface area contributed by atoms with Gasteiger partial charge in [0.15, 0.2) is 0 Å². The normalized spacial score (nSPS) is 19.7. The zero-order chi connectivity index (χ0) is 34.0. The molecule has 47 heavy (non-hydrogen) atoms. The Bertz CT molecular complexity index is 1910. The second-order valence-corrected chi connectivity index (χ2v) is 12.6. The predicted molar refractivity (Wildman–Crippen MR) is 165 cm³/mol. The van der Waals surface area contributed by atoms with Gasteiger partial charge in [0, 0.05) is 18.4 Å². The maximum atomic E-state index is 14.1. The maximum Gasteiger partial charge on any atom is 0.416 e. The number of aromatic carboxylic acids is 1. The van der Waals surface area contributed by atoms with Crippen molar-refractivity contribution in [2.24, 2.45) is 0 Å². The lowest BCUT2D eigenvalue weighted by Gasteiger charge is -2.29. The number of hydrogen-bond donors (Lipinski definition) is 1. The summed E-state index contributed by atoms with van der Waals surface area (Å²) in [6.45, 7) is 5.19. The third kappa shape index (κ3) is 6.01. The number of halogens is 6. The Labute approximate surface area is 267 Å². The first-order valence-corrected chi connectivity index (χ1v) is 15.2. The van der Waals surface area contributed by atoms with Crippen molar-refractivity contribution < 1.29 is 41.0 Å². The molecule has 0 aromatic heterocycles. The molecular weight excluding hydrogens is 620 g/mol.